The van der Waals surface area contributed by atoms with Gasteiger partial charge < -0.3 is 10.2 Å². The van der Waals surface area contributed by atoms with Crippen LogP contribution in [0.5, 0.6) is 0 Å². The zero-order valence-electron chi connectivity index (χ0n) is 11.6. The van der Waals surface area contributed by atoms with E-state index in [0.717, 1.165) is 50.9 Å². The van der Waals surface area contributed by atoms with Crippen molar-refractivity contribution >= 4 is 5.82 Å². The first kappa shape index (κ1) is 15.1. The molecule has 0 amide bonds. The van der Waals surface area contributed by atoms with E-state index >= 15 is 0 Å². The Bertz CT molecular complexity index is 434. The quantitative estimate of drug-likeness (QED) is 0.922. The van der Waals surface area contributed by atoms with Gasteiger partial charge in [0.2, 0.25) is 0 Å². The summed E-state index contributed by atoms with van der Waals surface area (Å²) in [5.41, 5.74) is -0.625. The number of nitrogens with one attached hydrogen (secondary N) is 1. The predicted octanol–water partition coefficient (Wildman–Crippen LogP) is 3.07. The Hall–Kier alpha value is -1.30. The molecule has 2 rings (SSSR count). The van der Waals surface area contributed by atoms with E-state index in [9.17, 15) is 13.2 Å². The van der Waals surface area contributed by atoms with Gasteiger partial charge in [0.15, 0.2) is 0 Å². The second-order valence-electron chi connectivity index (χ2n) is 5.14. The molecule has 20 heavy (non-hydrogen) atoms. The average Bonchev–Trinajstić information content (AvgIpc) is 2.45. The molecule has 0 bridgehead atoms. The Kier molecular flexibility index (Phi) is 4.86. The fourth-order valence-corrected chi connectivity index (χ4v) is 2.67. The Morgan fingerprint density at radius 3 is 2.90 bits per heavy atom. The van der Waals surface area contributed by atoms with Crippen molar-refractivity contribution in [3.05, 3.63) is 23.9 Å². The first-order valence-corrected chi connectivity index (χ1v) is 6.97. The zero-order chi connectivity index (χ0) is 14.6. The second-order valence-corrected chi connectivity index (χ2v) is 5.14. The number of hydrogen-bond donors (Lipinski definition) is 1. The van der Waals surface area contributed by atoms with Crippen LogP contribution in [0.4, 0.5) is 19.0 Å². The van der Waals surface area contributed by atoms with Gasteiger partial charge in [-0.05, 0) is 51.4 Å². The molecule has 1 fully saturated rings. The number of alkyl halides is 3. The van der Waals surface area contributed by atoms with Crippen molar-refractivity contribution in [3.63, 3.8) is 0 Å². The van der Waals surface area contributed by atoms with Crippen LogP contribution >= 0.6 is 0 Å². The van der Waals surface area contributed by atoms with Crippen LogP contribution in [0, 0.1) is 0 Å². The van der Waals surface area contributed by atoms with Crippen molar-refractivity contribution in [2.75, 3.05) is 25.0 Å². The summed E-state index contributed by atoms with van der Waals surface area (Å²) in [5.74, 6) is 0.445. The van der Waals surface area contributed by atoms with Crippen molar-refractivity contribution < 1.29 is 13.2 Å². The molecule has 6 heteroatoms. The highest BCUT2D eigenvalue weighted by Gasteiger charge is 2.32. The smallest absolute Gasteiger partial charge is 0.354 e. The predicted molar refractivity (Wildman–Crippen MR) is 72.8 cm³/mol. The maximum Gasteiger partial charge on any atom is 0.416 e. The van der Waals surface area contributed by atoms with Crippen LogP contribution in [-0.4, -0.2) is 31.2 Å². The van der Waals surface area contributed by atoms with Gasteiger partial charge in [-0.25, -0.2) is 4.98 Å². The lowest BCUT2D eigenvalue weighted by atomic mass is 9.99. The molecule has 112 valence electrons. The molecule has 0 aliphatic carbocycles. The molecule has 1 aliphatic rings. The summed E-state index contributed by atoms with van der Waals surface area (Å²) in [4.78, 5) is 6.16. The van der Waals surface area contributed by atoms with Gasteiger partial charge in [0.1, 0.15) is 5.82 Å². The maximum atomic E-state index is 12.8. The Morgan fingerprint density at radius 2 is 2.20 bits per heavy atom. The molecular weight excluding hydrogens is 267 g/mol. The van der Waals surface area contributed by atoms with Gasteiger partial charge in [0.05, 0.1) is 5.56 Å². The minimum Gasteiger partial charge on any atom is -0.354 e. The third-order valence-corrected chi connectivity index (χ3v) is 3.72. The van der Waals surface area contributed by atoms with Crippen LogP contribution in [0.25, 0.3) is 0 Å². The third-order valence-electron chi connectivity index (χ3n) is 3.72. The van der Waals surface area contributed by atoms with E-state index in [0.29, 0.717) is 5.82 Å². The topological polar surface area (TPSA) is 28.2 Å². The lowest BCUT2D eigenvalue weighted by molar-refractivity contribution is -0.137. The molecule has 1 aromatic rings. The number of halogens is 3. The summed E-state index contributed by atoms with van der Waals surface area (Å²) < 4.78 is 38.3. The van der Waals surface area contributed by atoms with Gasteiger partial charge in [-0.3, -0.25) is 0 Å². The number of aromatic nitrogens is 1. The zero-order valence-corrected chi connectivity index (χ0v) is 11.6. The molecule has 1 aliphatic heterocycles. The van der Waals surface area contributed by atoms with Crippen LogP contribution in [0.15, 0.2) is 18.3 Å². The van der Waals surface area contributed by atoms with Gasteiger partial charge in [0, 0.05) is 18.8 Å². The van der Waals surface area contributed by atoms with Crippen LogP contribution < -0.4 is 10.2 Å². The first-order chi connectivity index (χ1) is 9.52. The van der Waals surface area contributed by atoms with Crippen molar-refractivity contribution in [2.45, 2.75) is 37.9 Å². The SMILES string of the molecule is CNCCC1CCCCN1c1cc(C(F)(F)F)ccn1. The largest absolute Gasteiger partial charge is 0.416 e. The second kappa shape index (κ2) is 6.43. The molecule has 0 saturated carbocycles. The highest BCUT2D eigenvalue weighted by molar-refractivity contribution is 5.43. The molecule has 1 aromatic heterocycles. The fourth-order valence-electron chi connectivity index (χ4n) is 2.67. The summed E-state index contributed by atoms with van der Waals surface area (Å²) in [6.07, 6.45) is 1.02. The average molecular weight is 287 g/mol. The fraction of sp³-hybridized carbons (Fsp3) is 0.643. The lowest BCUT2D eigenvalue weighted by Crippen LogP contribution is -2.41. The molecule has 1 N–H and O–H groups in total. The monoisotopic (exact) mass is 287 g/mol. The van der Waals surface area contributed by atoms with Gasteiger partial charge in [-0.2, -0.15) is 13.2 Å². The van der Waals surface area contributed by atoms with Crippen LogP contribution in [0.3, 0.4) is 0 Å². The van der Waals surface area contributed by atoms with Crippen molar-refractivity contribution in [1.29, 1.82) is 0 Å². The van der Waals surface area contributed by atoms with E-state index in [1.54, 1.807) is 0 Å². The standard InChI is InChI=1S/C14H20F3N3/c1-18-7-6-12-4-2-3-9-20(12)13-10-11(5-8-19-13)14(15,16)17/h5,8,10,12,18H,2-4,6-7,9H2,1H3. The molecule has 1 saturated heterocycles. The number of rotatable bonds is 4. The van der Waals surface area contributed by atoms with E-state index in [2.05, 4.69) is 10.3 Å². The number of piperidine rings is 1. The number of nitrogens with zero attached hydrogens (tertiary/aromatic N) is 2. The third kappa shape index (κ3) is 3.62. The Morgan fingerprint density at radius 1 is 1.40 bits per heavy atom. The number of pyridine rings is 1. The molecular formula is C14H20F3N3. The molecule has 0 aromatic carbocycles. The molecule has 3 nitrogen and oxygen atoms in total. The highest BCUT2D eigenvalue weighted by Crippen LogP contribution is 2.32. The summed E-state index contributed by atoms with van der Waals surface area (Å²) in [6.45, 7) is 1.64. The number of anilines is 1. The molecule has 0 spiro atoms. The van der Waals surface area contributed by atoms with Gasteiger partial charge in [-0.1, -0.05) is 0 Å². The van der Waals surface area contributed by atoms with Gasteiger partial charge in [-0.15, -0.1) is 0 Å². The minimum absolute atomic E-state index is 0.271. The summed E-state index contributed by atoms with van der Waals surface area (Å²) in [7, 11) is 1.88. The number of hydrogen-bond acceptors (Lipinski definition) is 3. The first-order valence-electron chi connectivity index (χ1n) is 6.97. The van der Waals surface area contributed by atoms with Crippen molar-refractivity contribution in [3.8, 4) is 0 Å². The van der Waals surface area contributed by atoms with E-state index in [1.165, 1.54) is 6.20 Å². The maximum absolute atomic E-state index is 12.8. The van der Waals surface area contributed by atoms with Gasteiger partial charge in [0.25, 0.3) is 0 Å². The highest BCUT2D eigenvalue weighted by atomic mass is 19.4. The molecule has 1 unspecified atom stereocenters. The van der Waals surface area contributed by atoms with Crippen LogP contribution in [0.1, 0.15) is 31.2 Å². The van der Waals surface area contributed by atoms with Crippen LogP contribution in [0.2, 0.25) is 0 Å². The lowest BCUT2D eigenvalue weighted by Gasteiger charge is -2.37. The summed E-state index contributed by atoms with van der Waals surface area (Å²) >= 11 is 0. The van der Waals surface area contributed by atoms with E-state index < -0.39 is 11.7 Å². The van der Waals surface area contributed by atoms with Gasteiger partial charge >= 0.3 is 6.18 Å². The van der Waals surface area contributed by atoms with E-state index in [4.69, 9.17) is 0 Å². The molecule has 0 radical (unpaired) electrons. The summed E-state index contributed by atoms with van der Waals surface area (Å²) in [5, 5.41) is 3.10. The Labute approximate surface area is 117 Å². The Balaban J connectivity index is 2.19. The van der Waals surface area contributed by atoms with E-state index in [-0.39, 0.29) is 6.04 Å². The van der Waals surface area contributed by atoms with Crippen molar-refractivity contribution in [1.82, 2.24) is 10.3 Å². The summed E-state index contributed by atoms with van der Waals surface area (Å²) in [6, 6.07) is 2.46. The van der Waals surface area contributed by atoms with Crippen LogP contribution in [-0.2, 0) is 6.18 Å². The van der Waals surface area contributed by atoms with Crippen molar-refractivity contribution in [2.24, 2.45) is 0 Å². The molecule has 2 heterocycles. The minimum atomic E-state index is -4.31. The normalized spacial score (nSPS) is 20.2. The van der Waals surface area contributed by atoms with E-state index in [1.807, 2.05) is 11.9 Å². The molecule has 1 atom stereocenters.